The number of thioether (sulfide) groups is 1. The van der Waals surface area contributed by atoms with Crippen molar-refractivity contribution >= 4 is 29.0 Å². The van der Waals surface area contributed by atoms with Crippen molar-refractivity contribution in [2.24, 2.45) is 0 Å². The zero-order valence-electron chi connectivity index (χ0n) is 13.7. The van der Waals surface area contributed by atoms with Gasteiger partial charge in [-0.3, -0.25) is 4.79 Å². The Balaban J connectivity index is 1.53. The topological polar surface area (TPSA) is 42.0 Å². The molecule has 3 aromatic rings. The highest BCUT2D eigenvalue weighted by molar-refractivity contribution is 7.98. The average Bonchev–Trinajstić information content (AvgIpc) is 3.04. The number of carbonyl (C=O) groups excluding carboxylic acids is 1. The van der Waals surface area contributed by atoms with E-state index in [4.69, 9.17) is 0 Å². The van der Waals surface area contributed by atoms with Crippen LogP contribution in [0.2, 0.25) is 0 Å². The van der Waals surface area contributed by atoms with Gasteiger partial charge in [-0.05, 0) is 48.9 Å². The molecule has 25 heavy (non-hydrogen) atoms. The Labute approximate surface area is 154 Å². The van der Waals surface area contributed by atoms with Gasteiger partial charge in [0, 0.05) is 28.1 Å². The molecule has 3 rings (SSSR count). The van der Waals surface area contributed by atoms with Crippen molar-refractivity contribution < 1.29 is 9.18 Å². The number of aryl methyl sites for hydroxylation is 1. The molecular formula is C19H17FN2OS2. The summed E-state index contributed by atoms with van der Waals surface area (Å²) < 4.78 is 13.1. The molecule has 0 fully saturated rings. The molecule has 0 aliphatic heterocycles. The number of hydrogen-bond donors (Lipinski definition) is 1. The summed E-state index contributed by atoms with van der Waals surface area (Å²) in [4.78, 5) is 17.7. The number of carbonyl (C=O) groups is 1. The quantitative estimate of drug-likeness (QED) is 0.631. The van der Waals surface area contributed by atoms with Crippen LogP contribution in [-0.4, -0.2) is 10.9 Å². The Morgan fingerprint density at radius 2 is 2.04 bits per heavy atom. The molecule has 1 amide bonds. The van der Waals surface area contributed by atoms with E-state index in [1.54, 1.807) is 47.4 Å². The van der Waals surface area contributed by atoms with Crippen molar-refractivity contribution in [1.82, 2.24) is 10.3 Å². The number of halogens is 1. The number of hydrogen-bond acceptors (Lipinski definition) is 4. The number of thiazole rings is 1. The molecular weight excluding hydrogens is 355 g/mol. The summed E-state index contributed by atoms with van der Waals surface area (Å²) in [7, 11) is 0. The molecule has 0 saturated heterocycles. The minimum Gasteiger partial charge on any atom is -0.348 e. The van der Waals surface area contributed by atoms with E-state index in [-0.39, 0.29) is 11.7 Å². The molecule has 1 N–H and O–H groups in total. The first-order valence-corrected chi connectivity index (χ1v) is 9.63. The van der Waals surface area contributed by atoms with Gasteiger partial charge in [-0.15, -0.1) is 23.1 Å². The summed E-state index contributed by atoms with van der Waals surface area (Å²) in [5, 5.41) is 5.94. The molecule has 0 atom stereocenters. The van der Waals surface area contributed by atoms with Crippen LogP contribution in [0.25, 0.3) is 0 Å². The third-order valence-corrected chi connectivity index (χ3v) is 5.38. The zero-order valence-corrected chi connectivity index (χ0v) is 15.3. The van der Waals surface area contributed by atoms with Crippen molar-refractivity contribution in [2.75, 3.05) is 0 Å². The summed E-state index contributed by atoms with van der Waals surface area (Å²) in [5.74, 6) is 0.342. The van der Waals surface area contributed by atoms with Gasteiger partial charge in [-0.1, -0.05) is 12.1 Å². The standard InChI is InChI=1S/C19H17FN2OS2/c1-13-22-17(11-24-13)12-25-18-7-5-15(6-8-18)19(23)21-10-14-3-2-4-16(20)9-14/h2-9,11H,10,12H2,1H3,(H,21,23). The summed E-state index contributed by atoms with van der Waals surface area (Å²) in [6.07, 6.45) is 0. The van der Waals surface area contributed by atoms with Gasteiger partial charge in [-0.2, -0.15) is 0 Å². The van der Waals surface area contributed by atoms with Gasteiger partial charge in [0.2, 0.25) is 0 Å². The van der Waals surface area contributed by atoms with E-state index in [9.17, 15) is 9.18 Å². The van der Waals surface area contributed by atoms with Gasteiger partial charge in [0.15, 0.2) is 0 Å². The molecule has 0 bridgehead atoms. The maximum absolute atomic E-state index is 13.1. The van der Waals surface area contributed by atoms with E-state index in [0.29, 0.717) is 12.1 Å². The molecule has 0 aliphatic rings. The SMILES string of the molecule is Cc1nc(CSc2ccc(C(=O)NCc3cccc(F)c3)cc2)cs1. The van der Waals surface area contributed by atoms with Crippen molar-refractivity contribution in [3.8, 4) is 0 Å². The highest BCUT2D eigenvalue weighted by Crippen LogP contribution is 2.23. The molecule has 0 aliphatic carbocycles. The van der Waals surface area contributed by atoms with Crippen LogP contribution in [0.15, 0.2) is 58.8 Å². The number of amides is 1. The van der Waals surface area contributed by atoms with E-state index in [1.807, 2.05) is 19.1 Å². The largest absolute Gasteiger partial charge is 0.348 e. The van der Waals surface area contributed by atoms with Gasteiger partial charge in [-0.25, -0.2) is 9.37 Å². The predicted molar refractivity (Wildman–Crippen MR) is 100 cm³/mol. The van der Waals surface area contributed by atoms with Gasteiger partial charge in [0.1, 0.15) is 5.82 Å². The molecule has 0 radical (unpaired) electrons. The zero-order chi connectivity index (χ0) is 17.6. The predicted octanol–water partition coefficient (Wildman–Crippen LogP) is 4.81. The molecule has 6 heteroatoms. The normalized spacial score (nSPS) is 10.6. The Morgan fingerprint density at radius 1 is 1.24 bits per heavy atom. The van der Waals surface area contributed by atoms with Crippen LogP contribution >= 0.6 is 23.1 Å². The molecule has 0 unspecified atom stereocenters. The lowest BCUT2D eigenvalue weighted by atomic mass is 10.2. The second-order valence-electron chi connectivity index (χ2n) is 5.48. The first-order chi connectivity index (χ1) is 12.1. The molecule has 2 aromatic carbocycles. The van der Waals surface area contributed by atoms with Crippen LogP contribution in [0.5, 0.6) is 0 Å². The first kappa shape index (κ1) is 17.6. The molecule has 3 nitrogen and oxygen atoms in total. The number of nitrogens with one attached hydrogen (secondary N) is 1. The lowest BCUT2D eigenvalue weighted by Gasteiger charge is -2.06. The number of rotatable bonds is 6. The maximum Gasteiger partial charge on any atom is 0.251 e. The Bertz CT molecular complexity index is 862. The fourth-order valence-corrected chi connectivity index (χ4v) is 3.77. The highest BCUT2D eigenvalue weighted by atomic mass is 32.2. The minimum absolute atomic E-state index is 0.170. The van der Waals surface area contributed by atoms with Crippen LogP contribution in [-0.2, 0) is 12.3 Å². The summed E-state index contributed by atoms with van der Waals surface area (Å²) in [6, 6.07) is 13.7. The van der Waals surface area contributed by atoms with Crippen LogP contribution in [0.4, 0.5) is 4.39 Å². The fourth-order valence-electron chi connectivity index (χ4n) is 2.27. The molecule has 0 spiro atoms. The summed E-state index contributed by atoms with van der Waals surface area (Å²) >= 11 is 3.34. The van der Waals surface area contributed by atoms with Gasteiger partial charge in [0.05, 0.1) is 10.7 Å². The molecule has 0 saturated carbocycles. The fraction of sp³-hybridized carbons (Fsp3) is 0.158. The van der Waals surface area contributed by atoms with Crippen LogP contribution < -0.4 is 5.32 Å². The van der Waals surface area contributed by atoms with E-state index in [2.05, 4.69) is 15.7 Å². The van der Waals surface area contributed by atoms with Crippen molar-refractivity contribution in [2.45, 2.75) is 24.1 Å². The van der Waals surface area contributed by atoms with Crippen molar-refractivity contribution in [1.29, 1.82) is 0 Å². The maximum atomic E-state index is 13.1. The summed E-state index contributed by atoms with van der Waals surface area (Å²) in [5.41, 5.74) is 2.40. The molecule has 128 valence electrons. The van der Waals surface area contributed by atoms with Crippen LogP contribution in [0.1, 0.15) is 26.6 Å². The lowest BCUT2D eigenvalue weighted by Crippen LogP contribution is -2.22. The Morgan fingerprint density at radius 3 is 2.72 bits per heavy atom. The van der Waals surface area contributed by atoms with E-state index in [0.717, 1.165) is 26.9 Å². The number of benzene rings is 2. The number of nitrogens with zero attached hydrogens (tertiary/aromatic N) is 1. The van der Waals surface area contributed by atoms with E-state index in [1.165, 1.54) is 12.1 Å². The summed E-state index contributed by atoms with van der Waals surface area (Å²) in [6.45, 7) is 2.30. The van der Waals surface area contributed by atoms with Crippen LogP contribution in [0, 0.1) is 12.7 Å². The van der Waals surface area contributed by atoms with Crippen molar-refractivity contribution in [3.63, 3.8) is 0 Å². The average molecular weight is 372 g/mol. The lowest BCUT2D eigenvalue weighted by molar-refractivity contribution is 0.0951. The first-order valence-electron chi connectivity index (χ1n) is 7.77. The third-order valence-electron chi connectivity index (χ3n) is 3.51. The molecule has 1 heterocycles. The van der Waals surface area contributed by atoms with Crippen molar-refractivity contribution in [3.05, 3.63) is 81.6 Å². The monoisotopic (exact) mass is 372 g/mol. The Kier molecular flexibility index (Phi) is 5.83. The van der Waals surface area contributed by atoms with E-state index >= 15 is 0 Å². The number of aromatic nitrogens is 1. The van der Waals surface area contributed by atoms with E-state index < -0.39 is 0 Å². The third kappa shape index (κ3) is 5.14. The highest BCUT2D eigenvalue weighted by Gasteiger charge is 2.06. The van der Waals surface area contributed by atoms with Crippen LogP contribution in [0.3, 0.4) is 0 Å². The Hall–Kier alpha value is -2.18. The van der Waals surface area contributed by atoms with Gasteiger partial charge >= 0.3 is 0 Å². The minimum atomic E-state index is -0.302. The smallest absolute Gasteiger partial charge is 0.251 e. The second-order valence-corrected chi connectivity index (χ2v) is 7.59. The molecule has 1 aromatic heterocycles. The van der Waals surface area contributed by atoms with Gasteiger partial charge in [0.25, 0.3) is 5.91 Å². The second kappa shape index (κ2) is 8.27. The van der Waals surface area contributed by atoms with Gasteiger partial charge < -0.3 is 5.32 Å².